The average Bonchev–Trinajstić information content (AvgIpc) is 2.39. The van der Waals surface area contributed by atoms with Crippen LogP contribution in [0.1, 0.15) is 13.3 Å². The SMILES string of the molecule is CCC(C(N)=S)N1CCN(S(=O)(=O)CC(=O)OC)CC1. The molecule has 0 amide bonds. The molecule has 0 bridgehead atoms. The number of hydrogen-bond donors (Lipinski definition) is 1. The predicted octanol–water partition coefficient (Wildman–Crippen LogP) is -0.828. The van der Waals surface area contributed by atoms with Crippen molar-refractivity contribution in [3.63, 3.8) is 0 Å². The first kappa shape index (κ1) is 17.3. The van der Waals surface area contributed by atoms with Crippen LogP contribution in [-0.2, 0) is 19.6 Å². The molecule has 0 aromatic carbocycles. The quantitative estimate of drug-likeness (QED) is 0.504. The second-order valence-electron chi connectivity index (χ2n) is 4.59. The zero-order chi connectivity index (χ0) is 15.3. The second-order valence-corrected chi connectivity index (χ2v) is 7.03. The lowest BCUT2D eigenvalue weighted by molar-refractivity contribution is -0.137. The molecule has 1 heterocycles. The fourth-order valence-electron chi connectivity index (χ4n) is 2.23. The largest absolute Gasteiger partial charge is 0.468 e. The summed E-state index contributed by atoms with van der Waals surface area (Å²) < 4.78 is 29.7. The van der Waals surface area contributed by atoms with Crippen molar-refractivity contribution in [2.24, 2.45) is 5.73 Å². The van der Waals surface area contributed by atoms with Crippen LogP contribution in [0.25, 0.3) is 0 Å². The lowest BCUT2D eigenvalue weighted by Gasteiger charge is -2.37. The van der Waals surface area contributed by atoms with Crippen LogP contribution in [0.4, 0.5) is 0 Å². The van der Waals surface area contributed by atoms with Crippen molar-refractivity contribution < 1.29 is 17.9 Å². The summed E-state index contributed by atoms with van der Waals surface area (Å²) in [5.41, 5.74) is 5.68. The summed E-state index contributed by atoms with van der Waals surface area (Å²) in [4.78, 5) is 13.6. The van der Waals surface area contributed by atoms with Crippen molar-refractivity contribution in [1.82, 2.24) is 9.21 Å². The third-order valence-electron chi connectivity index (χ3n) is 3.35. The normalized spacial score (nSPS) is 19.5. The van der Waals surface area contributed by atoms with Gasteiger partial charge in [-0.05, 0) is 6.42 Å². The van der Waals surface area contributed by atoms with Gasteiger partial charge in [-0.2, -0.15) is 4.31 Å². The Kier molecular flexibility index (Phi) is 6.31. The maximum Gasteiger partial charge on any atom is 0.322 e. The maximum absolute atomic E-state index is 12.0. The number of carbonyl (C=O) groups excluding carboxylic acids is 1. The molecule has 116 valence electrons. The number of piperazine rings is 1. The third-order valence-corrected chi connectivity index (χ3v) is 5.37. The molecule has 2 N–H and O–H groups in total. The smallest absolute Gasteiger partial charge is 0.322 e. The minimum atomic E-state index is -3.60. The third kappa shape index (κ3) is 4.37. The van der Waals surface area contributed by atoms with Gasteiger partial charge < -0.3 is 10.5 Å². The van der Waals surface area contributed by atoms with Crippen LogP contribution in [-0.4, -0.2) is 73.7 Å². The molecule has 1 atom stereocenters. The van der Waals surface area contributed by atoms with Crippen LogP contribution >= 0.6 is 12.2 Å². The Morgan fingerprint density at radius 1 is 1.35 bits per heavy atom. The summed E-state index contributed by atoms with van der Waals surface area (Å²) in [6.07, 6.45) is 0.796. The molecular formula is C11H21N3O4S2. The first-order valence-electron chi connectivity index (χ1n) is 6.39. The molecule has 0 radical (unpaired) electrons. The van der Waals surface area contributed by atoms with Gasteiger partial charge in [0.15, 0.2) is 5.75 Å². The molecule has 0 aliphatic carbocycles. The fourth-order valence-corrected chi connectivity index (χ4v) is 3.87. The number of methoxy groups -OCH3 is 1. The van der Waals surface area contributed by atoms with Crippen molar-refractivity contribution in [3.05, 3.63) is 0 Å². The maximum atomic E-state index is 12.0. The Bertz CT molecular complexity index is 458. The second kappa shape index (κ2) is 7.30. The molecule has 0 aromatic heterocycles. The molecule has 7 nitrogen and oxygen atoms in total. The van der Waals surface area contributed by atoms with Crippen molar-refractivity contribution in [1.29, 1.82) is 0 Å². The number of rotatable bonds is 6. The van der Waals surface area contributed by atoms with E-state index in [1.165, 1.54) is 11.4 Å². The highest BCUT2D eigenvalue weighted by atomic mass is 32.2. The molecule has 20 heavy (non-hydrogen) atoms. The van der Waals surface area contributed by atoms with E-state index in [1.54, 1.807) is 0 Å². The van der Waals surface area contributed by atoms with Crippen molar-refractivity contribution >= 4 is 33.2 Å². The minimum absolute atomic E-state index is 0.00420. The van der Waals surface area contributed by atoms with E-state index in [0.717, 1.165) is 6.42 Å². The number of esters is 1. The zero-order valence-corrected chi connectivity index (χ0v) is 13.4. The van der Waals surface area contributed by atoms with Gasteiger partial charge in [0, 0.05) is 26.2 Å². The predicted molar refractivity (Wildman–Crippen MR) is 79.8 cm³/mol. The van der Waals surface area contributed by atoms with E-state index in [4.69, 9.17) is 18.0 Å². The molecule has 1 fully saturated rings. The van der Waals surface area contributed by atoms with Crippen LogP contribution in [0.5, 0.6) is 0 Å². The van der Waals surface area contributed by atoms with Gasteiger partial charge in [-0.15, -0.1) is 0 Å². The van der Waals surface area contributed by atoms with Crippen LogP contribution in [0.15, 0.2) is 0 Å². The Morgan fingerprint density at radius 2 is 1.90 bits per heavy atom. The van der Waals surface area contributed by atoms with Gasteiger partial charge in [-0.1, -0.05) is 19.1 Å². The topological polar surface area (TPSA) is 92.9 Å². The van der Waals surface area contributed by atoms with Gasteiger partial charge in [-0.25, -0.2) is 8.42 Å². The molecule has 9 heteroatoms. The average molecular weight is 323 g/mol. The monoisotopic (exact) mass is 323 g/mol. The van der Waals surface area contributed by atoms with E-state index in [1.807, 2.05) is 6.92 Å². The number of nitrogens with zero attached hydrogens (tertiary/aromatic N) is 2. The Labute approximate surface area is 125 Å². The van der Waals surface area contributed by atoms with Crippen LogP contribution in [0.3, 0.4) is 0 Å². The van der Waals surface area contributed by atoms with E-state index in [2.05, 4.69) is 9.64 Å². The summed E-state index contributed by atoms with van der Waals surface area (Å²) in [5.74, 6) is -1.36. The molecular weight excluding hydrogens is 302 g/mol. The van der Waals surface area contributed by atoms with Crippen LogP contribution in [0, 0.1) is 0 Å². The highest BCUT2D eigenvalue weighted by molar-refractivity contribution is 7.89. The number of thiocarbonyl (C=S) groups is 1. The van der Waals surface area contributed by atoms with Gasteiger partial charge in [-0.3, -0.25) is 9.69 Å². The van der Waals surface area contributed by atoms with Crippen LogP contribution < -0.4 is 5.73 Å². The fraction of sp³-hybridized carbons (Fsp3) is 0.818. The molecule has 1 unspecified atom stereocenters. The van der Waals surface area contributed by atoms with Crippen molar-refractivity contribution in [2.75, 3.05) is 39.0 Å². The van der Waals surface area contributed by atoms with Gasteiger partial charge in [0.2, 0.25) is 10.0 Å². The summed E-state index contributed by atoms with van der Waals surface area (Å²) in [6.45, 7) is 3.76. The Hall–Kier alpha value is -0.770. The molecule has 0 saturated carbocycles. The van der Waals surface area contributed by atoms with E-state index < -0.39 is 21.7 Å². The number of ether oxygens (including phenoxy) is 1. The number of hydrogen-bond acceptors (Lipinski definition) is 6. The lowest BCUT2D eigenvalue weighted by Crippen LogP contribution is -2.55. The summed E-state index contributed by atoms with van der Waals surface area (Å²) in [6, 6.07) is -0.00420. The van der Waals surface area contributed by atoms with E-state index in [9.17, 15) is 13.2 Å². The number of nitrogens with two attached hydrogens (primary N) is 1. The van der Waals surface area contributed by atoms with Gasteiger partial charge >= 0.3 is 5.97 Å². The lowest BCUT2D eigenvalue weighted by atomic mass is 10.1. The number of sulfonamides is 1. The van der Waals surface area contributed by atoms with Gasteiger partial charge in [0.25, 0.3) is 0 Å². The standard InChI is InChI=1S/C11H21N3O4S2/c1-3-9(11(12)19)13-4-6-14(7-5-13)20(16,17)8-10(15)18-2/h9H,3-8H2,1-2H3,(H2,12,19). The minimum Gasteiger partial charge on any atom is -0.468 e. The van der Waals surface area contributed by atoms with E-state index in [-0.39, 0.29) is 6.04 Å². The zero-order valence-electron chi connectivity index (χ0n) is 11.7. The summed E-state index contributed by atoms with van der Waals surface area (Å²) in [5, 5.41) is 0. The molecule has 1 aliphatic heterocycles. The highest BCUT2D eigenvalue weighted by Gasteiger charge is 2.31. The van der Waals surface area contributed by atoms with E-state index >= 15 is 0 Å². The first-order valence-corrected chi connectivity index (χ1v) is 8.41. The molecule has 1 saturated heterocycles. The van der Waals surface area contributed by atoms with Gasteiger partial charge in [0.05, 0.1) is 18.1 Å². The Morgan fingerprint density at radius 3 is 2.30 bits per heavy atom. The van der Waals surface area contributed by atoms with Crippen LogP contribution in [0.2, 0.25) is 0 Å². The molecule has 1 aliphatic rings. The highest BCUT2D eigenvalue weighted by Crippen LogP contribution is 2.13. The number of carbonyl (C=O) groups is 1. The van der Waals surface area contributed by atoms with Crippen molar-refractivity contribution in [2.45, 2.75) is 19.4 Å². The summed E-state index contributed by atoms with van der Waals surface area (Å²) in [7, 11) is -2.43. The first-order chi connectivity index (χ1) is 9.31. The Balaban J connectivity index is 2.62. The summed E-state index contributed by atoms with van der Waals surface area (Å²) >= 11 is 5.02. The van der Waals surface area contributed by atoms with Gasteiger partial charge in [0.1, 0.15) is 0 Å². The molecule has 1 rings (SSSR count). The molecule has 0 aromatic rings. The van der Waals surface area contributed by atoms with E-state index in [0.29, 0.717) is 31.2 Å². The molecule has 0 spiro atoms. The van der Waals surface area contributed by atoms with Crippen molar-refractivity contribution in [3.8, 4) is 0 Å².